The molecule has 1 amide bonds. The van der Waals surface area contributed by atoms with Gasteiger partial charge in [0.25, 0.3) is 0 Å². The van der Waals surface area contributed by atoms with Gasteiger partial charge in [-0.15, -0.1) is 11.3 Å². The van der Waals surface area contributed by atoms with Crippen molar-refractivity contribution < 1.29 is 4.79 Å². The van der Waals surface area contributed by atoms with E-state index < -0.39 is 0 Å². The number of nitrogens with one attached hydrogen (secondary N) is 3. The normalized spacial score (nSPS) is 12.2. The third-order valence-corrected chi connectivity index (χ3v) is 6.03. The van der Waals surface area contributed by atoms with Crippen molar-refractivity contribution in [3.63, 3.8) is 0 Å². The first-order valence-corrected chi connectivity index (χ1v) is 10.7. The van der Waals surface area contributed by atoms with Crippen molar-refractivity contribution in [1.29, 1.82) is 0 Å². The van der Waals surface area contributed by atoms with Crippen molar-refractivity contribution in [1.82, 2.24) is 15.6 Å². The molecule has 148 valence electrons. The molecule has 2 heterocycles. The summed E-state index contributed by atoms with van der Waals surface area (Å²) in [6.45, 7) is 2.99. The summed E-state index contributed by atoms with van der Waals surface area (Å²) >= 11 is 1.70. The van der Waals surface area contributed by atoms with E-state index in [-0.39, 0.29) is 18.5 Å². The fourth-order valence-corrected chi connectivity index (χ4v) is 4.36. The molecular formula is C24H25N3OS. The van der Waals surface area contributed by atoms with Gasteiger partial charge in [-0.3, -0.25) is 10.1 Å². The lowest BCUT2D eigenvalue weighted by atomic mass is 10.0. The predicted molar refractivity (Wildman–Crippen MR) is 120 cm³/mol. The van der Waals surface area contributed by atoms with Crippen molar-refractivity contribution in [2.75, 3.05) is 13.1 Å². The van der Waals surface area contributed by atoms with Crippen LogP contribution in [-0.4, -0.2) is 24.0 Å². The van der Waals surface area contributed by atoms with Gasteiger partial charge in [0, 0.05) is 28.5 Å². The summed E-state index contributed by atoms with van der Waals surface area (Å²) in [5, 5.41) is 9.75. The van der Waals surface area contributed by atoms with Gasteiger partial charge < -0.3 is 10.3 Å². The number of amides is 1. The second-order valence-corrected chi connectivity index (χ2v) is 8.18. The predicted octanol–water partition coefficient (Wildman–Crippen LogP) is 4.58. The second kappa shape index (κ2) is 9.07. The molecule has 0 fully saturated rings. The minimum absolute atomic E-state index is 0.0125. The standard InChI is InChI=1S/C24H25N3OS/c1-17-8-10-18(11-9-17)24(22-7-4-14-29-22)27-16-23(28)25-13-12-19-15-26-21-6-3-2-5-20(19)21/h2-11,14-15,24,26-27H,12-13,16H2,1H3,(H,25,28)/t24-/m1/s1. The SMILES string of the molecule is Cc1ccc([C@@H](NCC(=O)NCCc2c[nH]c3ccccc23)c2cccs2)cc1. The first kappa shape index (κ1) is 19.4. The van der Waals surface area contributed by atoms with Gasteiger partial charge in [-0.1, -0.05) is 54.1 Å². The lowest BCUT2D eigenvalue weighted by Crippen LogP contribution is -2.36. The molecule has 0 unspecified atom stereocenters. The lowest BCUT2D eigenvalue weighted by molar-refractivity contribution is -0.120. The molecule has 0 aliphatic carbocycles. The zero-order chi connectivity index (χ0) is 20.1. The molecule has 0 bridgehead atoms. The van der Waals surface area contributed by atoms with E-state index in [1.165, 1.54) is 27.0 Å². The van der Waals surface area contributed by atoms with E-state index in [9.17, 15) is 4.79 Å². The second-order valence-electron chi connectivity index (χ2n) is 7.20. The third-order valence-electron chi connectivity index (χ3n) is 5.10. The highest BCUT2D eigenvalue weighted by molar-refractivity contribution is 7.10. The summed E-state index contributed by atoms with van der Waals surface area (Å²) in [6.07, 6.45) is 2.83. The molecule has 0 aliphatic rings. The number of fused-ring (bicyclic) bond motifs is 1. The maximum Gasteiger partial charge on any atom is 0.233 e. The molecule has 4 rings (SSSR count). The number of hydrogen-bond acceptors (Lipinski definition) is 3. The highest BCUT2D eigenvalue weighted by atomic mass is 32.1. The number of para-hydroxylation sites is 1. The number of rotatable bonds is 8. The Labute approximate surface area is 175 Å². The zero-order valence-electron chi connectivity index (χ0n) is 16.4. The maximum absolute atomic E-state index is 12.4. The van der Waals surface area contributed by atoms with E-state index in [2.05, 4.69) is 70.4 Å². The van der Waals surface area contributed by atoms with Gasteiger partial charge in [0.15, 0.2) is 0 Å². The Morgan fingerprint density at radius 1 is 1.07 bits per heavy atom. The summed E-state index contributed by atoms with van der Waals surface area (Å²) in [7, 11) is 0. The minimum atomic E-state index is 0.0125. The topological polar surface area (TPSA) is 56.9 Å². The van der Waals surface area contributed by atoms with Crippen LogP contribution < -0.4 is 10.6 Å². The fraction of sp³-hybridized carbons (Fsp3) is 0.208. The molecule has 29 heavy (non-hydrogen) atoms. The number of carbonyl (C=O) groups is 1. The van der Waals surface area contributed by atoms with Crippen LogP contribution in [0, 0.1) is 6.92 Å². The quantitative estimate of drug-likeness (QED) is 0.403. The number of H-pyrrole nitrogens is 1. The number of aromatic nitrogens is 1. The zero-order valence-corrected chi connectivity index (χ0v) is 17.3. The smallest absolute Gasteiger partial charge is 0.233 e. The molecular weight excluding hydrogens is 378 g/mol. The Hall–Kier alpha value is -2.89. The molecule has 0 spiro atoms. The number of hydrogen-bond donors (Lipinski definition) is 3. The highest BCUT2D eigenvalue weighted by Gasteiger charge is 2.16. The largest absolute Gasteiger partial charge is 0.361 e. The summed E-state index contributed by atoms with van der Waals surface area (Å²) < 4.78 is 0. The van der Waals surface area contributed by atoms with Crippen LogP contribution in [0.5, 0.6) is 0 Å². The number of carbonyl (C=O) groups excluding carboxylic acids is 1. The third kappa shape index (κ3) is 4.75. The van der Waals surface area contributed by atoms with Crippen molar-refractivity contribution in [2.24, 2.45) is 0 Å². The Morgan fingerprint density at radius 2 is 1.90 bits per heavy atom. The summed E-state index contributed by atoms with van der Waals surface area (Å²) in [5.41, 5.74) is 4.76. The van der Waals surface area contributed by atoms with Gasteiger partial charge in [0.1, 0.15) is 0 Å². The molecule has 3 N–H and O–H groups in total. The van der Waals surface area contributed by atoms with Crippen LogP contribution in [0.2, 0.25) is 0 Å². The van der Waals surface area contributed by atoms with Crippen molar-refractivity contribution in [2.45, 2.75) is 19.4 Å². The van der Waals surface area contributed by atoms with Crippen LogP contribution in [0.4, 0.5) is 0 Å². The Balaban J connectivity index is 1.33. The van der Waals surface area contributed by atoms with Gasteiger partial charge in [-0.25, -0.2) is 0 Å². The molecule has 2 aromatic carbocycles. The number of thiophene rings is 1. The molecule has 4 aromatic rings. The van der Waals surface area contributed by atoms with Gasteiger partial charge >= 0.3 is 0 Å². The van der Waals surface area contributed by atoms with E-state index in [1.54, 1.807) is 11.3 Å². The maximum atomic E-state index is 12.4. The molecule has 2 aromatic heterocycles. The van der Waals surface area contributed by atoms with Gasteiger partial charge in [-0.2, -0.15) is 0 Å². The molecule has 1 atom stereocenters. The first-order valence-electron chi connectivity index (χ1n) is 9.86. The average Bonchev–Trinajstić information content (AvgIpc) is 3.40. The Morgan fingerprint density at radius 3 is 2.69 bits per heavy atom. The first-order chi connectivity index (χ1) is 14.2. The molecule has 4 nitrogen and oxygen atoms in total. The fourth-order valence-electron chi connectivity index (χ4n) is 3.53. The average molecular weight is 404 g/mol. The minimum Gasteiger partial charge on any atom is -0.361 e. The van der Waals surface area contributed by atoms with E-state index >= 15 is 0 Å². The van der Waals surface area contributed by atoms with E-state index in [1.807, 2.05) is 24.4 Å². The van der Waals surface area contributed by atoms with Gasteiger partial charge in [-0.05, 0) is 42.0 Å². The van der Waals surface area contributed by atoms with Crippen LogP contribution in [0.3, 0.4) is 0 Å². The number of aryl methyl sites for hydroxylation is 1. The van der Waals surface area contributed by atoms with E-state index in [4.69, 9.17) is 0 Å². The van der Waals surface area contributed by atoms with Crippen LogP contribution >= 0.6 is 11.3 Å². The lowest BCUT2D eigenvalue weighted by Gasteiger charge is -2.18. The highest BCUT2D eigenvalue weighted by Crippen LogP contribution is 2.26. The summed E-state index contributed by atoms with van der Waals surface area (Å²) in [4.78, 5) is 16.9. The number of benzene rings is 2. The van der Waals surface area contributed by atoms with Crippen LogP contribution in [-0.2, 0) is 11.2 Å². The Bertz CT molecular complexity index is 1070. The van der Waals surface area contributed by atoms with Crippen molar-refractivity contribution in [3.8, 4) is 0 Å². The molecule has 5 heteroatoms. The summed E-state index contributed by atoms with van der Waals surface area (Å²) in [6, 6.07) is 20.9. The van der Waals surface area contributed by atoms with Crippen LogP contribution in [0.25, 0.3) is 10.9 Å². The number of aromatic amines is 1. The van der Waals surface area contributed by atoms with Crippen LogP contribution in [0.15, 0.2) is 72.2 Å². The van der Waals surface area contributed by atoms with Crippen molar-refractivity contribution in [3.05, 3.63) is 93.8 Å². The van der Waals surface area contributed by atoms with E-state index in [0.29, 0.717) is 6.54 Å². The van der Waals surface area contributed by atoms with Gasteiger partial charge in [0.2, 0.25) is 5.91 Å². The molecule has 0 aliphatic heterocycles. The van der Waals surface area contributed by atoms with Crippen molar-refractivity contribution >= 4 is 28.1 Å². The molecule has 0 saturated heterocycles. The van der Waals surface area contributed by atoms with Gasteiger partial charge in [0.05, 0.1) is 12.6 Å². The molecule has 0 radical (unpaired) electrons. The monoisotopic (exact) mass is 403 g/mol. The molecule has 0 saturated carbocycles. The summed E-state index contributed by atoms with van der Waals surface area (Å²) in [5.74, 6) is 0.0125. The van der Waals surface area contributed by atoms with E-state index in [0.717, 1.165) is 11.9 Å². The Kier molecular flexibility index (Phi) is 6.08. The van der Waals surface area contributed by atoms with Crippen LogP contribution in [0.1, 0.15) is 27.6 Å².